The molecule has 3 aromatic rings. The summed E-state index contributed by atoms with van der Waals surface area (Å²) in [5.74, 6) is 0.761. The van der Waals surface area contributed by atoms with Gasteiger partial charge >= 0.3 is 0 Å². The molecule has 3 aromatic heterocycles. The lowest BCUT2D eigenvalue weighted by Crippen LogP contribution is -2.47. The van der Waals surface area contributed by atoms with Gasteiger partial charge in [0.25, 0.3) is 4.74 Å². The van der Waals surface area contributed by atoms with Crippen LogP contribution in [0.4, 0.5) is 11.1 Å². The number of hydrogen-bond acceptors (Lipinski definition) is 8. The van der Waals surface area contributed by atoms with Crippen molar-refractivity contribution in [3.63, 3.8) is 0 Å². The topological polar surface area (TPSA) is 62.2 Å². The van der Waals surface area contributed by atoms with Crippen molar-refractivity contribution >= 4 is 44.0 Å². The summed E-state index contributed by atoms with van der Waals surface area (Å²) in [6.07, 6.45) is 3.51. The molecule has 0 unspecified atom stereocenters. The Balaban J connectivity index is 1.54. The molecule has 0 bridgehead atoms. The maximum absolute atomic E-state index is 12.1. The van der Waals surface area contributed by atoms with E-state index in [1.165, 1.54) is 22.7 Å². The van der Waals surface area contributed by atoms with Crippen molar-refractivity contribution in [2.24, 2.45) is 0 Å². The number of aromatic nitrogens is 3. The molecule has 4 rings (SSSR count). The minimum Gasteiger partial charge on any atom is -0.344 e. The maximum atomic E-state index is 12.1. The van der Waals surface area contributed by atoms with Gasteiger partial charge in [0.1, 0.15) is 4.70 Å². The lowest BCUT2D eigenvalue weighted by atomic mass is 10.3. The summed E-state index contributed by atoms with van der Waals surface area (Å²) in [5, 5.41) is 2.73. The van der Waals surface area contributed by atoms with E-state index < -0.39 is 0 Å². The molecule has 1 aliphatic rings. The van der Waals surface area contributed by atoms with E-state index in [0.717, 1.165) is 47.5 Å². The molecule has 0 atom stereocenters. The Labute approximate surface area is 134 Å². The van der Waals surface area contributed by atoms with Crippen LogP contribution in [0.15, 0.2) is 34.7 Å². The predicted molar refractivity (Wildman–Crippen MR) is 90.2 cm³/mol. The fourth-order valence-electron chi connectivity index (χ4n) is 2.49. The first kappa shape index (κ1) is 13.6. The molecule has 1 fully saturated rings. The highest BCUT2D eigenvalue weighted by molar-refractivity contribution is 7.21. The molecule has 0 aromatic carbocycles. The molecule has 112 valence electrons. The van der Waals surface area contributed by atoms with Crippen LogP contribution in [0.25, 0.3) is 10.2 Å². The van der Waals surface area contributed by atoms with Crippen molar-refractivity contribution in [2.75, 3.05) is 36.0 Å². The predicted octanol–water partition coefficient (Wildman–Crippen LogP) is 1.83. The van der Waals surface area contributed by atoms with Gasteiger partial charge in [0.15, 0.2) is 5.13 Å². The lowest BCUT2D eigenvalue weighted by Gasteiger charge is -2.34. The normalized spacial score (nSPS) is 15.5. The second-order valence-corrected chi connectivity index (χ2v) is 6.80. The number of hydrogen-bond donors (Lipinski definition) is 0. The van der Waals surface area contributed by atoms with E-state index in [9.17, 15) is 4.79 Å². The molecule has 1 aliphatic heterocycles. The van der Waals surface area contributed by atoms with Crippen LogP contribution in [0, 0.1) is 0 Å². The van der Waals surface area contributed by atoms with Crippen molar-refractivity contribution in [1.82, 2.24) is 15.0 Å². The average Bonchev–Trinajstić information content (AvgIpc) is 3.05. The molecule has 0 saturated carbocycles. The fourth-order valence-corrected chi connectivity index (χ4v) is 4.24. The van der Waals surface area contributed by atoms with E-state index in [-0.39, 0.29) is 4.74 Å². The number of piperazine rings is 1. The van der Waals surface area contributed by atoms with Gasteiger partial charge in [0.2, 0.25) is 5.95 Å². The average molecular weight is 331 g/mol. The number of anilines is 2. The summed E-state index contributed by atoms with van der Waals surface area (Å²) in [7, 11) is 0. The SMILES string of the molecule is O=c1sc(N2CCN(c3ncccn3)CC2)nc2ccsc12. The van der Waals surface area contributed by atoms with Crippen molar-refractivity contribution in [3.8, 4) is 0 Å². The van der Waals surface area contributed by atoms with Gasteiger partial charge in [-0.2, -0.15) is 0 Å². The fraction of sp³-hybridized carbons (Fsp3) is 0.286. The summed E-state index contributed by atoms with van der Waals surface area (Å²) in [6.45, 7) is 3.29. The van der Waals surface area contributed by atoms with E-state index in [4.69, 9.17) is 0 Å². The highest BCUT2D eigenvalue weighted by atomic mass is 32.1. The van der Waals surface area contributed by atoms with Crippen LogP contribution in [-0.4, -0.2) is 41.1 Å². The van der Waals surface area contributed by atoms with Crippen LogP contribution in [0.1, 0.15) is 0 Å². The summed E-state index contributed by atoms with van der Waals surface area (Å²) >= 11 is 2.69. The van der Waals surface area contributed by atoms with E-state index in [2.05, 4.69) is 24.8 Å². The largest absolute Gasteiger partial charge is 0.344 e. The molecular formula is C14H13N5OS2. The van der Waals surface area contributed by atoms with Crippen LogP contribution in [0.3, 0.4) is 0 Å². The molecule has 0 spiro atoms. The zero-order valence-corrected chi connectivity index (χ0v) is 13.3. The van der Waals surface area contributed by atoms with Gasteiger partial charge in [0, 0.05) is 38.6 Å². The van der Waals surface area contributed by atoms with Crippen molar-refractivity contribution < 1.29 is 0 Å². The Morgan fingerprint density at radius 3 is 2.55 bits per heavy atom. The Hall–Kier alpha value is -2.06. The van der Waals surface area contributed by atoms with Crippen molar-refractivity contribution in [3.05, 3.63) is 39.4 Å². The van der Waals surface area contributed by atoms with Crippen LogP contribution in [0.2, 0.25) is 0 Å². The second kappa shape index (κ2) is 5.62. The Morgan fingerprint density at radius 1 is 1.05 bits per heavy atom. The third kappa shape index (κ3) is 2.44. The summed E-state index contributed by atoms with van der Waals surface area (Å²) in [4.78, 5) is 29.6. The number of nitrogens with zero attached hydrogens (tertiary/aromatic N) is 5. The Kier molecular flexibility index (Phi) is 3.47. The maximum Gasteiger partial charge on any atom is 0.255 e. The highest BCUT2D eigenvalue weighted by Gasteiger charge is 2.21. The molecule has 0 N–H and O–H groups in total. The first-order valence-electron chi connectivity index (χ1n) is 6.96. The highest BCUT2D eigenvalue weighted by Crippen LogP contribution is 2.23. The zero-order valence-electron chi connectivity index (χ0n) is 11.7. The summed E-state index contributed by atoms with van der Waals surface area (Å²) in [5.41, 5.74) is 0.803. The summed E-state index contributed by atoms with van der Waals surface area (Å²) in [6, 6.07) is 3.73. The van der Waals surface area contributed by atoms with Crippen molar-refractivity contribution in [2.45, 2.75) is 0 Å². The van der Waals surface area contributed by atoms with Gasteiger partial charge in [-0.25, -0.2) is 15.0 Å². The van der Waals surface area contributed by atoms with Crippen LogP contribution in [-0.2, 0) is 0 Å². The van der Waals surface area contributed by atoms with E-state index in [1.807, 2.05) is 17.5 Å². The molecule has 8 heteroatoms. The number of rotatable bonds is 2. The molecule has 22 heavy (non-hydrogen) atoms. The first-order chi connectivity index (χ1) is 10.8. The third-order valence-corrected chi connectivity index (χ3v) is 5.57. The Morgan fingerprint density at radius 2 is 1.77 bits per heavy atom. The van der Waals surface area contributed by atoms with Gasteiger partial charge in [-0.1, -0.05) is 11.3 Å². The van der Waals surface area contributed by atoms with Gasteiger partial charge in [-0.15, -0.1) is 11.3 Å². The second-order valence-electron chi connectivity index (χ2n) is 4.94. The van der Waals surface area contributed by atoms with E-state index in [1.54, 1.807) is 12.4 Å². The molecular weight excluding hydrogens is 318 g/mol. The van der Waals surface area contributed by atoms with Crippen LogP contribution < -0.4 is 14.5 Å². The molecule has 4 heterocycles. The minimum atomic E-state index is 0.101. The van der Waals surface area contributed by atoms with Crippen molar-refractivity contribution in [1.29, 1.82) is 0 Å². The third-order valence-electron chi connectivity index (χ3n) is 3.62. The van der Waals surface area contributed by atoms with Gasteiger partial charge in [-0.05, 0) is 17.5 Å². The number of thiophene rings is 1. The molecule has 0 radical (unpaired) electrons. The van der Waals surface area contributed by atoms with Gasteiger partial charge in [0.05, 0.1) is 5.52 Å². The number of fused-ring (bicyclic) bond motifs is 1. The monoisotopic (exact) mass is 331 g/mol. The van der Waals surface area contributed by atoms with Gasteiger partial charge < -0.3 is 9.80 Å². The molecule has 0 amide bonds. The quantitative estimate of drug-likeness (QED) is 0.714. The first-order valence-corrected chi connectivity index (χ1v) is 8.66. The standard InChI is InChI=1S/C14H13N5OS2/c20-12-11-10(2-9-21-11)17-14(22-12)19-7-5-18(6-8-19)13-15-3-1-4-16-13/h1-4,9H,5-8H2. The van der Waals surface area contributed by atoms with Crippen LogP contribution in [0.5, 0.6) is 0 Å². The molecule has 1 saturated heterocycles. The minimum absolute atomic E-state index is 0.101. The zero-order chi connectivity index (χ0) is 14.9. The van der Waals surface area contributed by atoms with E-state index in [0.29, 0.717) is 0 Å². The Bertz CT molecular complexity index is 839. The lowest BCUT2D eigenvalue weighted by molar-refractivity contribution is 0.639. The molecule has 6 nitrogen and oxygen atoms in total. The van der Waals surface area contributed by atoms with Gasteiger partial charge in [-0.3, -0.25) is 4.79 Å². The smallest absolute Gasteiger partial charge is 0.255 e. The summed E-state index contributed by atoms with van der Waals surface area (Å²) < 4.78 is 0.855. The van der Waals surface area contributed by atoms with E-state index >= 15 is 0 Å². The molecule has 0 aliphatic carbocycles. The van der Waals surface area contributed by atoms with Crippen LogP contribution >= 0.6 is 22.7 Å².